The molecule has 0 bridgehead atoms. The number of imide groups is 2. The number of aliphatic hydroxyl groups excluding tert-OH is 4. The van der Waals surface area contributed by atoms with Crippen LogP contribution >= 0.6 is 0 Å². The van der Waals surface area contributed by atoms with E-state index in [4.69, 9.17) is 34.7 Å². The van der Waals surface area contributed by atoms with Crippen LogP contribution in [0.1, 0.15) is 109 Å². The molecule has 0 aromatic rings. The van der Waals surface area contributed by atoms with Crippen LogP contribution in [0.2, 0.25) is 0 Å². The predicted octanol–water partition coefficient (Wildman–Crippen LogP) is 1.28. The summed E-state index contributed by atoms with van der Waals surface area (Å²) in [5.41, 5.74) is 0. The fourth-order valence-corrected chi connectivity index (χ4v) is 5.31. The fraction of sp³-hybridized carbons (Fsp3) is 0.711. The summed E-state index contributed by atoms with van der Waals surface area (Å²) in [5, 5.41) is 41.6. The van der Waals surface area contributed by atoms with Gasteiger partial charge in [-0.3, -0.25) is 24.0 Å². The minimum absolute atomic E-state index is 0.00122. The molecule has 0 aromatic carbocycles. The normalized spacial score (nSPS) is 14.3. The van der Waals surface area contributed by atoms with E-state index in [1.54, 1.807) is 0 Å². The molecule has 0 saturated carbocycles. The first-order valence-corrected chi connectivity index (χ1v) is 19.7. The third-order valence-electron chi connectivity index (χ3n) is 8.48. The Bertz CT molecular complexity index is 1300. The van der Waals surface area contributed by atoms with E-state index in [9.17, 15) is 43.2 Å². The van der Waals surface area contributed by atoms with Crippen LogP contribution in [0.3, 0.4) is 0 Å². The van der Waals surface area contributed by atoms with Crippen LogP contribution in [-0.4, -0.2) is 137 Å². The van der Waals surface area contributed by atoms with Crippen molar-refractivity contribution in [2.45, 2.75) is 109 Å². The van der Waals surface area contributed by atoms with Gasteiger partial charge in [-0.25, -0.2) is 19.2 Å². The molecule has 2 atom stereocenters. The van der Waals surface area contributed by atoms with Crippen LogP contribution < -0.4 is 10.6 Å². The lowest BCUT2D eigenvalue weighted by atomic mass is 10.0. The Morgan fingerprint density at radius 1 is 0.542 bits per heavy atom. The number of ketones is 1. The highest BCUT2D eigenvalue weighted by Crippen LogP contribution is 2.15. The average molecular weight is 847 g/mol. The SMILES string of the molecule is C=C.O=C(CCCCNC(=O)OCC(CCO)CCCO)CC(=O)ON1C(=O)CCC1=O.O=C(CCCCNC(=O)OCC(CCO)CCCO)ON1C(=O)CCC1=O. The van der Waals surface area contributed by atoms with Crippen LogP contribution in [0.15, 0.2) is 13.2 Å². The van der Waals surface area contributed by atoms with Gasteiger partial charge in [0.25, 0.3) is 23.6 Å². The third-order valence-corrected chi connectivity index (χ3v) is 8.48. The fourth-order valence-electron chi connectivity index (χ4n) is 5.31. The van der Waals surface area contributed by atoms with Gasteiger partial charge in [-0.05, 0) is 76.0 Å². The molecule has 0 aromatic heterocycles. The van der Waals surface area contributed by atoms with Crippen molar-refractivity contribution in [2.75, 3.05) is 52.7 Å². The second kappa shape index (κ2) is 33.9. The van der Waals surface area contributed by atoms with E-state index >= 15 is 0 Å². The molecule has 2 fully saturated rings. The van der Waals surface area contributed by atoms with Gasteiger partial charge in [-0.2, -0.15) is 0 Å². The standard InChI is InChI=1S/C19H30N2O9.C17H28N2O8.C2H4/c22-10-3-4-14(8-11-23)13-29-19(28)20-9-2-1-5-15(24)12-18(27)30-21-16(25)6-7-17(21)26;20-10-3-4-13(8-11-21)12-26-17(25)18-9-2-1-5-16(24)27-19-14(22)6-7-15(19)23;1-2/h14,22-23H,1-13H2,(H,20,28);13,20-21H,1-12H2,(H,18,25);1-2H2. The Labute approximate surface area is 343 Å². The van der Waals surface area contributed by atoms with Gasteiger partial charge >= 0.3 is 24.1 Å². The topological polar surface area (TPSA) is 302 Å². The number of ether oxygens (including phenoxy) is 2. The Hall–Kier alpha value is -4.99. The van der Waals surface area contributed by atoms with Crippen molar-refractivity contribution < 1.29 is 82.7 Å². The lowest BCUT2D eigenvalue weighted by molar-refractivity contribution is -0.197. The zero-order valence-electron chi connectivity index (χ0n) is 33.7. The molecule has 21 nitrogen and oxygen atoms in total. The third kappa shape index (κ3) is 25.9. The van der Waals surface area contributed by atoms with E-state index in [1.165, 1.54) is 0 Å². The number of nitrogens with zero attached hydrogens (tertiary/aromatic N) is 2. The number of nitrogens with one attached hydrogen (secondary N) is 2. The number of rotatable bonds is 28. The Morgan fingerprint density at radius 2 is 0.932 bits per heavy atom. The van der Waals surface area contributed by atoms with Gasteiger partial charge in [0.15, 0.2) is 0 Å². The summed E-state index contributed by atoms with van der Waals surface area (Å²) in [6.45, 7) is 6.96. The molecule has 336 valence electrons. The number of hydrogen-bond acceptors (Lipinski definition) is 17. The molecule has 6 N–H and O–H groups in total. The Morgan fingerprint density at radius 3 is 1.32 bits per heavy atom. The summed E-state index contributed by atoms with van der Waals surface area (Å²) in [6.07, 6.45) is 3.75. The first-order chi connectivity index (χ1) is 28.3. The molecular weight excluding hydrogens is 784 g/mol. The molecule has 59 heavy (non-hydrogen) atoms. The summed E-state index contributed by atoms with van der Waals surface area (Å²) in [4.78, 5) is 113. The number of amides is 6. The minimum Gasteiger partial charge on any atom is -0.449 e. The summed E-state index contributed by atoms with van der Waals surface area (Å²) < 4.78 is 10.2. The van der Waals surface area contributed by atoms with Crippen molar-refractivity contribution in [1.29, 1.82) is 0 Å². The lowest BCUT2D eigenvalue weighted by Crippen LogP contribution is -2.32. The highest BCUT2D eigenvalue weighted by molar-refractivity contribution is 6.03. The van der Waals surface area contributed by atoms with E-state index in [1.807, 2.05) is 0 Å². The van der Waals surface area contributed by atoms with Crippen LogP contribution in [-0.2, 0) is 52.7 Å². The van der Waals surface area contributed by atoms with Crippen LogP contribution in [0, 0.1) is 11.8 Å². The molecule has 0 aliphatic carbocycles. The molecule has 2 aliphatic rings. The maximum absolute atomic E-state index is 11.8. The van der Waals surface area contributed by atoms with Gasteiger partial charge in [0.1, 0.15) is 12.2 Å². The zero-order valence-corrected chi connectivity index (χ0v) is 33.7. The molecule has 2 unspecified atom stereocenters. The monoisotopic (exact) mass is 846 g/mol. The summed E-state index contributed by atoms with van der Waals surface area (Å²) in [5.74, 6) is -4.27. The quantitative estimate of drug-likeness (QED) is 0.0280. The molecule has 6 amide bonds. The van der Waals surface area contributed by atoms with Crippen molar-refractivity contribution in [3.05, 3.63) is 13.2 Å². The van der Waals surface area contributed by atoms with Crippen molar-refractivity contribution in [3.63, 3.8) is 0 Å². The van der Waals surface area contributed by atoms with Crippen LogP contribution in [0.5, 0.6) is 0 Å². The smallest absolute Gasteiger partial charge is 0.407 e. The Kier molecular flexibility index (Phi) is 31.1. The number of carbonyl (C=O) groups is 9. The van der Waals surface area contributed by atoms with E-state index < -0.39 is 60.0 Å². The van der Waals surface area contributed by atoms with Gasteiger partial charge in [0, 0.05) is 78.0 Å². The highest BCUT2D eigenvalue weighted by Gasteiger charge is 2.34. The maximum Gasteiger partial charge on any atom is 0.407 e. The van der Waals surface area contributed by atoms with Gasteiger partial charge in [-0.15, -0.1) is 23.3 Å². The number of Topliss-reactive ketones (excluding diaryl/α,β-unsaturated/α-hetero) is 1. The van der Waals surface area contributed by atoms with Gasteiger partial charge in [-0.1, -0.05) is 0 Å². The number of carbonyl (C=O) groups excluding carboxylic acids is 9. The molecule has 2 heterocycles. The second-order valence-electron chi connectivity index (χ2n) is 13.3. The summed E-state index contributed by atoms with van der Waals surface area (Å²) in [6, 6.07) is 0. The van der Waals surface area contributed by atoms with Crippen LogP contribution in [0.25, 0.3) is 0 Å². The Balaban J connectivity index is 0.00000110. The van der Waals surface area contributed by atoms with Crippen LogP contribution in [0.4, 0.5) is 9.59 Å². The zero-order chi connectivity index (χ0) is 44.4. The number of aliphatic hydroxyl groups is 4. The summed E-state index contributed by atoms with van der Waals surface area (Å²) in [7, 11) is 0. The minimum atomic E-state index is -0.955. The van der Waals surface area contributed by atoms with Gasteiger partial charge in [0.2, 0.25) is 0 Å². The van der Waals surface area contributed by atoms with Crippen molar-refractivity contribution in [3.8, 4) is 0 Å². The summed E-state index contributed by atoms with van der Waals surface area (Å²) >= 11 is 0. The highest BCUT2D eigenvalue weighted by atomic mass is 16.7. The second-order valence-corrected chi connectivity index (χ2v) is 13.3. The molecular formula is C38H62N4O17. The van der Waals surface area contributed by atoms with E-state index in [-0.39, 0.29) is 96.5 Å². The molecule has 2 saturated heterocycles. The lowest BCUT2D eigenvalue weighted by Gasteiger charge is -2.15. The molecule has 2 aliphatic heterocycles. The number of hydrogen-bond donors (Lipinski definition) is 6. The predicted molar refractivity (Wildman–Crippen MR) is 205 cm³/mol. The van der Waals surface area contributed by atoms with E-state index in [0.29, 0.717) is 80.9 Å². The molecule has 2 rings (SSSR count). The van der Waals surface area contributed by atoms with E-state index in [2.05, 4.69) is 28.6 Å². The van der Waals surface area contributed by atoms with Gasteiger partial charge in [0.05, 0.1) is 13.2 Å². The van der Waals surface area contributed by atoms with E-state index in [0.717, 1.165) is 0 Å². The van der Waals surface area contributed by atoms with Crippen molar-refractivity contribution in [1.82, 2.24) is 20.8 Å². The molecule has 0 spiro atoms. The van der Waals surface area contributed by atoms with Crippen molar-refractivity contribution >= 4 is 53.5 Å². The average Bonchev–Trinajstić information content (AvgIpc) is 3.70. The van der Waals surface area contributed by atoms with Gasteiger partial charge < -0.3 is 50.2 Å². The largest absolute Gasteiger partial charge is 0.449 e. The number of unbranched alkanes of at least 4 members (excludes halogenated alkanes) is 2. The first-order valence-electron chi connectivity index (χ1n) is 19.7. The molecule has 0 radical (unpaired) electrons. The van der Waals surface area contributed by atoms with Crippen molar-refractivity contribution in [2.24, 2.45) is 11.8 Å². The number of alkyl carbamates (subject to hydrolysis) is 2. The molecule has 21 heteroatoms. The first kappa shape index (κ1) is 54.0. The maximum atomic E-state index is 11.8. The number of hydroxylamine groups is 4.